The average Bonchev–Trinajstić information content (AvgIpc) is 2.76. The lowest BCUT2D eigenvalue weighted by Gasteiger charge is -2.53. The van der Waals surface area contributed by atoms with E-state index in [-0.39, 0.29) is 6.42 Å². The molecule has 0 radical (unpaired) electrons. The second-order valence-electron chi connectivity index (χ2n) is 12.0. The van der Waals surface area contributed by atoms with E-state index in [1.165, 1.54) is 92.3 Å². The Bertz CT molecular complexity index is 865. The van der Waals surface area contributed by atoms with Crippen LogP contribution in [0.15, 0.2) is 0 Å². The van der Waals surface area contributed by atoms with Crippen molar-refractivity contribution in [2.75, 3.05) is 21.1 Å². The van der Waals surface area contributed by atoms with Gasteiger partial charge in [0, 0.05) is 5.92 Å². The zero-order chi connectivity index (χ0) is 29.7. The highest BCUT2D eigenvalue weighted by atomic mass is 32.3. The first-order chi connectivity index (χ1) is 17.4. The Hall–Kier alpha value is -0.750. The maximum absolute atomic E-state index is 12.6. The van der Waals surface area contributed by atoms with Gasteiger partial charge in [-0.3, -0.25) is 9.11 Å². The van der Waals surface area contributed by atoms with Crippen LogP contribution in [0.25, 0.3) is 0 Å². The van der Waals surface area contributed by atoms with E-state index in [0.29, 0.717) is 12.8 Å². The number of nitrogens with zero attached hydrogens (tertiary/aromatic N) is 1. The SMILES string of the molecule is CCCCCCCCCCCCCCCCCCC(C)C(C(C)(C(=O)[O-])[N+](C)(C)C)(S(=O)(=O)O)S(=O)(=O)O. The molecule has 0 saturated heterocycles. The van der Waals surface area contributed by atoms with Gasteiger partial charge in [-0.15, -0.1) is 0 Å². The minimum Gasteiger partial charge on any atom is -0.544 e. The first kappa shape index (κ1) is 37.2. The molecule has 228 valence electrons. The molecule has 0 aromatic rings. The summed E-state index contributed by atoms with van der Waals surface area (Å²) in [5, 5.41) is 12.3. The number of hydrogen-bond acceptors (Lipinski definition) is 6. The van der Waals surface area contributed by atoms with Crippen molar-refractivity contribution in [2.24, 2.45) is 5.92 Å². The van der Waals surface area contributed by atoms with Gasteiger partial charge in [0.05, 0.1) is 21.1 Å². The summed E-state index contributed by atoms with van der Waals surface area (Å²) >= 11 is 0. The highest BCUT2D eigenvalue weighted by Gasteiger charge is 2.75. The smallest absolute Gasteiger partial charge is 0.294 e. The van der Waals surface area contributed by atoms with Gasteiger partial charge in [0.2, 0.25) is 0 Å². The van der Waals surface area contributed by atoms with E-state index < -0.39 is 46.2 Å². The summed E-state index contributed by atoms with van der Waals surface area (Å²) in [5.74, 6) is -3.42. The van der Waals surface area contributed by atoms with Crippen molar-refractivity contribution in [2.45, 2.75) is 140 Å². The molecule has 0 aromatic heterocycles. The first-order valence-corrected chi connectivity index (χ1v) is 17.3. The number of unbranched alkanes of at least 4 members (excludes halogenated alkanes) is 15. The van der Waals surface area contributed by atoms with Gasteiger partial charge in [-0.1, -0.05) is 117 Å². The van der Waals surface area contributed by atoms with E-state index in [0.717, 1.165) is 32.6 Å². The lowest BCUT2D eigenvalue weighted by atomic mass is 9.83. The number of likely N-dealkylation sites (N-methyl/N-ethyl adjacent to an activating group) is 1. The Morgan fingerprint density at radius 2 is 1.00 bits per heavy atom. The second kappa shape index (κ2) is 16.5. The number of carboxylic acids is 1. The zero-order valence-electron chi connectivity index (χ0n) is 24.7. The van der Waals surface area contributed by atoms with E-state index >= 15 is 0 Å². The van der Waals surface area contributed by atoms with Crippen molar-refractivity contribution < 1.29 is 40.3 Å². The van der Waals surface area contributed by atoms with E-state index in [4.69, 9.17) is 0 Å². The quantitative estimate of drug-likeness (QED) is 0.0971. The molecular weight excluding hydrogens is 530 g/mol. The predicted molar refractivity (Wildman–Crippen MR) is 151 cm³/mol. The van der Waals surface area contributed by atoms with Crippen molar-refractivity contribution in [3.8, 4) is 0 Å². The van der Waals surface area contributed by atoms with Crippen molar-refractivity contribution in [3.05, 3.63) is 0 Å². The van der Waals surface area contributed by atoms with Crippen molar-refractivity contribution in [1.82, 2.24) is 0 Å². The molecule has 2 N–H and O–H groups in total. The van der Waals surface area contributed by atoms with Crippen molar-refractivity contribution in [1.29, 1.82) is 0 Å². The maximum Gasteiger partial charge on any atom is 0.294 e. The van der Waals surface area contributed by atoms with E-state index in [1.807, 2.05) is 0 Å². The summed E-state index contributed by atoms with van der Waals surface area (Å²) in [6.45, 7) is 4.35. The molecule has 0 aliphatic rings. The van der Waals surface area contributed by atoms with Gasteiger partial charge in [0.15, 0.2) is 5.54 Å². The molecule has 0 rings (SSSR count). The molecule has 0 aromatic carbocycles. The van der Waals surface area contributed by atoms with Gasteiger partial charge in [-0.2, -0.15) is 16.8 Å². The van der Waals surface area contributed by atoms with Crippen LogP contribution in [-0.2, 0) is 25.0 Å². The molecule has 0 spiro atoms. The number of carboxylic acid groups (broad SMARTS) is 1. The highest BCUT2D eigenvalue weighted by molar-refractivity contribution is 8.05. The van der Waals surface area contributed by atoms with Crippen LogP contribution in [0.2, 0.25) is 0 Å². The number of aliphatic carboxylic acids is 1. The fourth-order valence-electron chi connectivity index (χ4n) is 5.70. The maximum atomic E-state index is 12.6. The van der Waals surface area contributed by atoms with Crippen LogP contribution in [0.1, 0.15) is 130 Å². The Labute approximate surface area is 232 Å². The summed E-state index contributed by atoms with van der Waals surface area (Å²) in [6, 6.07) is 0. The van der Waals surface area contributed by atoms with E-state index in [9.17, 15) is 35.8 Å². The van der Waals surface area contributed by atoms with E-state index in [1.54, 1.807) is 0 Å². The van der Waals surface area contributed by atoms with Crippen LogP contribution in [0, 0.1) is 5.92 Å². The van der Waals surface area contributed by atoms with Crippen LogP contribution in [0.4, 0.5) is 0 Å². The average molecular weight is 586 g/mol. The Morgan fingerprint density at radius 1 is 0.711 bits per heavy atom. The fraction of sp³-hybridized carbons (Fsp3) is 0.963. The number of hydrogen-bond donors (Lipinski definition) is 2. The van der Waals surface area contributed by atoms with Crippen molar-refractivity contribution >= 4 is 26.2 Å². The molecule has 11 heteroatoms. The van der Waals surface area contributed by atoms with Crippen LogP contribution in [-0.4, -0.2) is 67.2 Å². The van der Waals surface area contributed by atoms with Crippen molar-refractivity contribution in [3.63, 3.8) is 0 Å². The molecule has 9 nitrogen and oxygen atoms in total. The van der Waals surface area contributed by atoms with Crippen LogP contribution >= 0.6 is 0 Å². The van der Waals surface area contributed by atoms with Gasteiger partial charge >= 0.3 is 0 Å². The predicted octanol–water partition coefficient (Wildman–Crippen LogP) is 4.96. The largest absolute Gasteiger partial charge is 0.544 e. The summed E-state index contributed by atoms with van der Waals surface area (Å²) in [5.41, 5.74) is -2.71. The molecule has 0 aliphatic carbocycles. The van der Waals surface area contributed by atoms with E-state index in [2.05, 4.69) is 6.92 Å². The zero-order valence-corrected chi connectivity index (χ0v) is 26.3. The molecule has 2 atom stereocenters. The monoisotopic (exact) mass is 585 g/mol. The Morgan fingerprint density at radius 3 is 1.24 bits per heavy atom. The highest BCUT2D eigenvalue weighted by Crippen LogP contribution is 2.47. The Balaban J connectivity index is 4.80. The van der Waals surface area contributed by atoms with Gasteiger partial charge < -0.3 is 14.4 Å². The molecule has 0 amide bonds. The molecule has 0 saturated carbocycles. The minimum atomic E-state index is -5.62. The Kier molecular flexibility index (Phi) is 16.2. The van der Waals surface area contributed by atoms with Gasteiger partial charge in [0.1, 0.15) is 5.97 Å². The minimum absolute atomic E-state index is 0.0130. The number of carbonyl (C=O) groups excluding carboxylic acids is 1. The summed E-state index contributed by atoms with van der Waals surface area (Å²) < 4.78 is 66.7. The fourth-order valence-corrected chi connectivity index (χ4v) is 9.73. The molecule has 38 heavy (non-hydrogen) atoms. The van der Waals surface area contributed by atoms with Crippen LogP contribution in [0.5, 0.6) is 0 Å². The topological polar surface area (TPSA) is 149 Å². The second-order valence-corrected chi connectivity index (χ2v) is 15.4. The molecule has 0 heterocycles. The first-order valence-electron chi connectivity index (χ1n) is 14.4. The van der Waals surface area contributed by atoms with Gasteiger partial charge in [-0.05, 0) is 13.3 Å². The molecule has 0 fully saturated rings. The molecule has 0 aliphatic heterocycles. The lowest BCUT2D eigenvalue weighted by Crippen LogP contribution is -2.80. The summed E-state index contributed by atoms with van der Waals surface area (Å²) in [7, 11) is -7.39. The normalized spacial score (nSPS) is 15.8. The third-order valence-electron chi connectivity index (χ3n) is 8.32. The standard InChI is InChI=1S/C27H55NO8S2/c1-7-8-9-10-11-12-13-14-15-16-17-18-19-20-21-22-23-24(2)27(37(31,32)33,38(34,35)36)26(3,25(29)30)28(4,5)6/h24H,7-23H2,1-6H3,(H2-,29,30,31,32,33,34,35,36). The molecule has 2 unspecified atom stereocenters. The van der Waals surface area contributed by atoms with Crippen LogP contribution in [0.3, 0.4) is 0 Å². The van der Waals surface area contributed by atoms with Gasteiger partial charge in [-0.25, -0.2) is 0 Å². The number of carbonyl (C=O) groups is 1. The summed E-state index contributed by atoms with van der Waals surface area (Å²) in [6.07, 6.45) is 18.3. The third-order valence-corrected chi connectivity index (χ3v) is 12.7. The summed E-state index contributed by atoms with van der Waals surface area (Å²) in [4.78, 5) is 12.3. The molecular formula is C27H55NO8S2. The van der Waals surface area contributed by atoms with Crippen LogP contribution < -0.4 is 5.11 Å². The third kappa shape index (κ3) is 9.71. The number of rotatable bonds is 23. The number of quaternary nitrogens is 1. The molecule has 0 bridgehead atoms. The van der Waals surface area contributed by atoms with Gasteiger partial charge in [0.25, 0.3) is 24.3 Å². The lowest BCUT2D eigenvalue weighted by molar-refractivity contribution is -0.915.